The minimum absolute atomic E-state index is 0.229. The van der Waals surface area contributed by atoms with Crippen molar-refractivity contribution in [3.8, 4) is 5.75 Å². The SMILES string of the molecule is COc1ccc(CNc2nc(NCCc3ccc(C=O)cc3)nc(Nc3cccc(C(=O)NCCOCCOCCN)c3)n2)cc1. The first-order chi connectivity index (χ1) is 22.6. The standard InChI is InChI=1S/C33H40N8O5/c1-44-29-11-9-25(10-12-29)22-37-32-39-31(36-15-13-24-5-7-26(23-42)8-6-24)40-33(41-32)38-28-4-2-3-27(21-28)30(43)35-16-18-46-20-19-45-17-14-34/h2-12,21,23H,13-20,22,34H2,1H3,(H,35,43)(H3,36,37,38,39,40,41). The summed E-state index contributed by atoms with van der Waals surface area (Å²) in [5, 5.41) is 12.6. The van der Waals surface area contributed by atoms with Crippen molar-refractivity contribution in [1.29, 1.82) is 0 Å². The molecular weight excluding hydrogens is 588 g/mol. The van der Waals surface area contributed by atoms with Crippen LogP contribution in [-0.4, -0.2) is 80.3 Å². The van der Waals surface area contributed by atoms with E-state index in [9.17, 15) is 9.59 Å². The lowest BCUT2D eigenvalue weighted by Crippen LogP contribution is -2.27. The van der Waals surface area contributed by atoms with Gasteiger partial charge < -0.3 is 41.2 Å². The highest BCUT2D eigenvalue weighted by molar-refractivity contribution is 5.95. The van der Waals surface area contributed by atoms with E-state index in [2.05, 4.69) is 36.2 Å². The number of nitrogens with two attached hydrogens (primary N) is 1. The van der Waals surface area contributed by atoms with Gasteiger partial charge >= 0.3 is 0 Å². The zero-order valence-electron chi connectivity index (χ0n) is 25.8. The summed E-state index contributed by atoms with van der Waals surface area (Å²) in [5.41, 5.74) is 9.22. The van der Waals surface area contributed by atoms with Gasteiger partial charge in [-0.25, -0.2) is 0 Å². The molecule has 46 heavy (non-hydrogen) atoms. The number of aldehydes is 1. The molecule has 0 spiro atoms. The quantitative estimate of drug-likeness (QED) is 0.0714. The maximum Gasteiger partial charge on any atom is 0.251 e. The maximum absolute atomic E-state index is 12.7. The molecule has 0 aliphatic heterocycles. The van der Waals surface area contributed by atoms with E-state index in [1.165, 1.54) is 0 Å². The van der Waals surface area contributed by atoms with Crippen LogP contribution in [0.2, 0.25) is 0 Å². The topological polar surface area (TPSA) is 175 Å². The number of hydrogen-bond donors (Lipinski definition) is 5. The minimum atomic E-state index is -0.229. The van der Waals surface area contributed by atoms with Gasteiger partial charge in [0, 0.05) is 43.0 Å². The van der Waals surface area contributed by atoms with Gasteiger partial charge in [-0.2, -0.15) is 15.0 Å². The van der Waals surface area contributed by atoms with Crippen LogP contribution in [0.3, 0.4) is 0 Å². The van der Waals surface area contributed by atoms with Crippen LogP contribution >= 0.6 is 0 Å². The van der Waals surface area contributed by atoms with Gasteiger partial charge in [-0.3, -0.25) is 9.59 Å². The van der Waals surface area contributed by atoms with Gasteiger partial charge in [0.1, 0.15) is 12.0 Å². The van der Waals surface area contributed by atoms with Crippen LogP contribution in [0.25, 0.3) is 0 Å². The molecule has 242 valence electrons. The van der Waals surface area contributed by atoms with Gasteiger partial charge in [0.25, 0.3) is 5.91 Å². The molecule has 4 aromatic rings. The first kappa shape index (κ1) is 33.8. The number of rotatable bonds is 20. The van der Waals surface area contributed by atoms with E-state index in [1.807, 2.05) is 42.5 Å². The Morgan fingerprint density at radius 1 is 0.804 bits per heavy atom. The Hall–Kier alpha value is -5.11. The molecule has 4 rings (SSSR count). The van der Waals surface area contributed by atoms with Gasteiger partial charge in [0.05, 0.1) is 33.5 Å². The number of ether oxygens (including phenoxy) is 3. The second-order valence-corrected chi connectivity index (χ2v) is 10.0. The number of carbonyl (C=O) groups excluding carboxylic acids is 2. The monoisotopic (exact) mass is 628 g/mol. The fourth-order valence-corrected chi connectivity index (χ4v) is 4.21. The molecular formula is C33H40N8O5. The van der Waals surface area contributed by atoms with Crippen LogP contribution in [0.4, 0.5) is 23.5 Å². The predicted octanol–water partition coefficient (Wildman–Crippen LogP) is 3.42. The van der Waals surface area contributed by atoms with Crippen molar-refractivity contribution in [1.82, 2.24) is 20.3 Å². The van der Waals surface area contributed by atoms with E-state index in [4.69, 9.17) is 19.9 Å². The zero-order chi connectivity index (χ0) is 32.4. The van der Waals surface area contributed by atoms with E-state index in [-0.39, 0.29) is 5.91 Å². The summed E-state index contributed by atoms with van der Waals surface area (Å²) in [6.07, 6.45) is 1.52. The molecule has 0 unspecified atom stereocenters. The Morgan fingerprint density at radius 2 is 1.50 bits per heavy atom. The molecule has 0 bridgehead atoms. The highest BCUT2D eigenvalue weighted by Gasteiger charge is 2.10. The molecule has 0 saturated heterocycles. The van der Waals surface area contributed by atoms with Crippen molar-refractivity contribution in [3.05, 3.63) is 95.1 Å². The normalized spacial score (nSPS) is 10.7. The van der Waals surface area contributed by atoms with Crippen molar-refractivity contribution in [2.75, 3.05) is 69.1 Å². The summed E-state index contributed by atoms with van der Waals surface area (Å²) in [7, 11) is 1.63. The van der Waals surface area contributed by atoms with Crippen LogP contribution < -0.4 is 31.7 Å². The number of hydrogen-bond acceptors (Lipinski definition) is 12. The second-order valence-electron chi connectivity index (χ2n) is 10.0. The van der Waals surface area contributed by atoms with Crippen LogP contribution in [0.15, 0.2) is 72.8 Å². The number of benzene rings is 3. The van der Waals surface area contributed by atoms with Crippen LogP contribution in [0.1, 0.15) is 31.8 Å². The molecule has 0 saturated carbocycles. The van der Waals surface area contributed by atoms with Gasteiger partial charge in [0.15, 0.2) is 0 Å². The van der Waals surface area contributed by atoms with Gasteiger partial charge in [0.2, 0.25) is 17.8 Å². The van der Waals surface area contributed by atoms with E-state index >= 15 is 0 Å². The van der Waals surface area contributed by atoms with Crippen LogP contribution in [0.5, 0.6) is 5.75 Å². The van der Waals surface area contributed by atoms with Gasteiger partial charge in [-0.15, -0.1) is 0 Å². The van der Waals surface area contributed by atoms with Crippen molar-refractivity contribution in [2.24, 2.45) is 5.73 Å². The Bertz CT molecular complexity index is 1520. The molecule has 0 aliphatic carbocycles. The van der Waals surface area contributed by atoms with E-state index in [0.717, 1.165) is 23.2 Å². The number of nitrogens with one attached hydrogen (secondary N) is 4. The summed E-state index contributed by atoms with van der Waals surface area (Å²) in [6, 6.07) is 22.2. The number of carbonyl (C=O) groups is 2. The van der Waals surface area contributed by atoms with Crippen molar-refractivity contribution < 1.29 is 23.8 Å². The smallest absolute Gasteiger partial charge is 0.251 e. The molecule has 1 aromatic heterocycles. The average molecular weight is 629 g/mol. The largest absolute Gasteiger partial charge is 0.497 e. The van der Waals surface area contributed by atoms with Gasteiger partial charge in [-0.1, -0.05) is 42.5 Å². The molecule has 6 N–H and O–H groups in total. The third-order valence-corrected chi connectivity index (χ3v) is 6.60. The minimum Gasteiger partial charge on any atom is -0.497 e. The lowest BCUT2D eigenvalue weighted by Gasteiger charge is -2.12. The Labute approximate surface area is 268 Å². The lowest BCUT2D eigenvalue weighted by atomic mass is 10.1. The summed E-state index contributed by atoms with van der Waals surface area (Å²) in [5.74, 6) is 1.59. The maximum atomic E-state index is 12.7. The molecule has 0 fully saturated rings. The summed E-state index contributed by atoms with van der Waals surface area (Å²) < 4.78 is 16.0. The third kappa shape index (κ3) is 11.4. The Balaban J connectivity index is 1.39. The van der Waals surface area contributed by atoms with E-state index in [1.54, 1.807) is 37.4 Å². The molecule has 13 nitrogen and oxygen atoms in total. The van der Waals surface area contributed by atoms with Crippen molar-refractivity contribution >= 4 is 35.7 Å². The second kappa shape index (κ2) is 18.6. The fraction of sp³-hybridized carbons (Fsp3) is 0.303. The summed E-state index contributed by atoms with van der Waals surface area (Å²) >= 11 is 0. The third-order valence-electron chi connectivity index (χ3n) is 6.60. The average Bonchev–Trinajstić information content (AvgIpc) is 3.09. The molecule has 1 heterocycles. The first-order valence-corrected chi connectivity index (χ1v) is 15.0. The lowest BCUT2D eigenvalue weighted by molar-refractivity contribution is 0.0511. The Morgan fingerprint density at radius 3 is 2.22 bits per heavy atom. The van der Waals surface area contributed by atoms with Crippen molar-refractivity contribution in [3.63, 3.8) is 0 Å². The molecule has 13 heteroatoms. The number of amides is 1. The number of aromatic nitrogens is 3. The molecule has 0 aliphatic rings. The number of methoxy groups -OCH3 is 1. The molecule has 0 atom stereocenters. The highest BCUT2D eigenvalue weighted by atomic mass is 16.5. The number of anilines is 4. The first-order valence-electron chi connectivity index (χ1n) is 15.0. The van der Waals surface area contributed by atoms with Crippen molar-refractivity contribution in [2.45, 2.75) is 13.0 Å². The highest BCUT2D eigenvalue weighted by Crippen LogP contribution is 2.19. The molecule has 1 amide bonds. The fourth-order valence-electron chi connectivity index (χ4n) is 4.21. The zero-order valence-corrected chi connectivity index (χ0v) is 25.8. The van der Waals surface area contributed by atoms with Crippen LogP contribution in [-0.2, 0) is 22.4 Å². The molecule has 0 radical (unpaired) electrons. The Kier molecular flexibility index (Phi) is 13.7. The van der Waals surface area contributed by atoms with E-state index < -0.39 is 0 Å². The van der Waals surface area contributed by atoms with Crippen LogP contribution in [0, 0.1) is 0 Å². The summed E-state index contributed by atoms with van der Waals surface area (Å²) in [4.78, 5) is 37.4. The van der Waals surface area contributed by atoms with Gasteiger partial charge in [-0.05, 0) is 47.9 Å². The molecule has 3 aromatic carbocycles. The number of nitrogens with zero attached hydrogens (tertiary/aromatic N) is 3. The summed E-state index contributed by atoms with van der Waals surface area (Å²) in [6.45, 7) is 3.63. The van der Waals surface area contributed by atoms with E-state index in [0.29, 0.717) is 93.7 Å². The predicted molar refractivity (Wildman–Crippen MR) is 177 cm³/mol.